The van der Waals surface area contributed by atoms with Crippen LogP contribution < -0.4 is 10.5 Å². The Bertz CT molecular complexity index is 436. The van der Waals surface area contributed by atoms with Gasteiger partial charge in [0.1, 0.15) is 0 Å². The molecule has 0 aromatic heterocycles. The van der Waals surface area contributed by atoms with Gasteiger partial charge >= 0.3 is 0 Å². The second kappa shape index (κ2) is 5.95. The SMILES string of the molecule is CN=CC(=CN)Oc1c(F)cc(CO)cc1F. The fraction of sp³-hybridized carbons (Fsp3) is 0.182. The molecule has 0 aliphatic heterocycles. The van der Waals surface area contributed by atoms with Crippen LogP contribution in [-0.2, 0) is 6.61 Å². The first-order chi connectivity index (χ1) is 8.12. The zero-order valence-corrected chi connectivity index (χ0v) is 9.15. The molecule has 92 valence electrons. The lowest BCUT2D eigenvalue weighted by molar-refractivity contribution is 0.279. The van der Waals surface area contributed by atoms with Gasteiger partial charge < -0.3 is 15.6 Å². The zero-order valence-electron chi connectivity index (χ0n) is 9.15. The minimum atomic E-state index is -0.919. The molecule has 0 radical (unpaired) electrons. The van der Waals surface area contributed by atoms with Gasteiger partial charge in [0.15, 0.2) is 23.1 Å². The molecule has 17 heavy (non-hydrogen) atoms. The van der Waals surface area contributed by atoms with Gasteiger partial charge in [-0.05, 0) is 17.7 Å². The summed E-state index contributed by atoms with van der Waals surface area (Å²) in [6, 6.07) is 1.96. The van der Waals surface area contributed by atoms with E-state index in [0.29, 0.717) is 0 Å². The van der Waals surface area contributed by atoms with Crippen LogP contribution in [0, 0.1) is 11.6 Å². The summed E-state index contributed by atoms with van der Waals surface area (Å²) < 4.78 is 31.8. The van der Waals surface area contributed by atoms with Crippen LogP contribution in [0.1, 0.15) is 5.56 Å². The summed E-state index contributed by atoms with van der Waals surface area (Å²) in [4.78, 5) is 3.61. The fourth-order valence-electron chi connectivity index (χ4n) is 1.15. The van der Waals surface area contributed by atoms with E-state index in [1.54, 1.807) is 0 Å². The van der Waals surface area contributed by atoms with Crippen molar-refractivity contribution < 1.29 is 18.6 Å². The smallest absolute Gasteiger partial charge is 0.198 e. The fourth-order valence-corrected chi connectivity index (χ4v) is 1.15. The molecular weight excluding hydrogens is 230 g/mol. The third-order valence-electron chi connectivity index (χ3n) is 1.88. The summed E-state index contributed by atoms with van der Waals surface area (Å²) in [7, 11) is 1.47. The van der Waals surface area contributed by atoms with E-state index in [-0.39, 0.29) is 11.3 Å². The number of hydrogen-bond acceptors (Lipinski definition) is 4. The molecule has 0 heterocycles. The molecule has 0 aliphatic rings. The molecule has 0 unspecified atom stereocenters. The van der Waals surface area contributed by atoms with E-state index in [0.717, 1.165) is 18.3 Å². The van der Waals surface area contributed by atoms with Crippen LogP contribution in [0.2, 0.25) is 0 Å². The van der Waals surface area contributed by atoms with Gasteiger partial charge in [-0.1, -0.05) is 0 Å². The van der Waals surface area contributed by atoms with Gasteiger partial charge in [0.2, 0.25) is 0 Å². The standard InChI is InChI=1S/C11H12F2N2O2/c1-15-5-8(4-14)17-11-9(12)2-7(6-16)3-10(11)13/h2-5,16H,6,14H2,1H3. The summed E-state index contributed by atoms with van der Waals surface area (Å²) in [6.07, 6.45) is 2.25. The minimum absolute atomic E-state index is 0.0158. The minimum Gasteiger partial charge on any atom is -0.448 e. The zero-order chi connectivity index (χ0) is 12.8. The highest BCUT2D eigenvalue weighted by Gasteiger charge is 2.13. The number of aliphatic hydroxyl groups is 1. The molecule has 0 fully saturated rings. The summed E-state index contributed by atoms with van der Waals surface area (Å²) >= 11 is 0. The highest BCUT2D eigenvalue weighted by molar-refractivity contribution is 5.76. The number of aliphatic imine (C=N–C) groups is 1. The molecule has 0 saturated heterocycles. The van der Waals surface area contributed by atoms with E-state index in [1.165, 1.54) is 13.3 Å². The monoisotopic (exact) mass is 242 g/mol. The van der Waals surface area contributed by atoms with E-state index in [2.05, 4.69) is 4.99 Å². The van der Waals surface area contributed by atoms with E-state index in [9.17, 15) is 8.78 Å². The van der Waals surface area contributed by atoms with Gasteiger partial charge in [0.25, 0.3) is 0 Å². The average molecular weight is 242 g/mol. The quantitative estimate of drug-likeness (QED) is 0.618. The number of hydrogen-bond donors (Lipinski definition) is 2. The van der Waals surface area contributed by atoms with Crippen molar-refractivity contribution in [2.24, 2.45) is 10.7 Å². The highest BCUT2D eigenvalue weighted by Crippen LogP contribution is 2.24. The van der Waals surface area contributed by atoms with Gasteiger partial charge in [-0.15, -0.1) is 0 Å². The Morgan fingerprint density at radius 3 is 2.47 bits per heavy atom. The van der Waals surface area contributed by atoms with Gasteiger partial charge in [0.05, 0.1) is 12.8 Å². The number of ether oxygens (including phenoxy) is 1. The van der Waals surface area contributed by atoms with E-state index < -0.39 is 24.0 Å². The van der Waals surface area contributed by atoms with Crippen LogP contribution in [-0.4, -0.2) is 18.4 Å². The molecule has 0 saturated carbocycles. The predicted octanol–water partition coefficient (Wildman–Crippen LogP) is 1.34. The third-order valence-corrected chi connectivity index (χ3v) is 1.88. The van der Waals surface area contributed by atoms with Crippen molar-refractivity contribution in [1.29, 1.82) is 0 Å². The summed E-state index contributed by atoms with van der Waals surface area (Å²) in [5, 5.41) is 8.76. The number of nitrogens with two attached hydrogens (primary N) is 1. The molecule has 0 spiro atoms. The van der Waals surface area contributed by atoms with Crippen molar-refractivity contribution in [2.45, 2.75) is 6.61 Å². The summed E-state index contributed by atoms with van der Waals surface area (Å²) in [6.45, 7) is -0.454. The molecular formula is C11H12F2N2O2. The van der Waals surface area contributed by atoms with Gasteiger partial charge in [-0.25, -0.2) is 8.78 Å². The number of nitrogens with zero attached hydrogens (tertiary/aromatic N) is 1. The first-order valence-corrected chi connectivity index (χ1v) is 4.73. The molecule has 1 aromatic rings. The van der Waals surface area contributed by atoms with Crippen LogP contribution >= 0.6 is 0 Å². The summed E-state index contributed by atoms with van der Waals surface area (Å²) in [5.74, 6) is -2.41. The number of allylic oxidation sites excluding steroid dienone is 1. The van der Waals surface area contributed by atoms with Gasteiger partial charge in [0, 0.05) is 13.2 Å². The lowest BCUT2D eigenvalue weighted by atomic mass is 10.2. The number of benzene rings is 1. The second-order valence-corrected chi connectivity index (χ2v) is 3.11. The largest absolute Gasteiger partial charge is 0.448 e. The third kappa shape index (κ3) is 3.25. The number of halogens is 2. The maximum atomic E-state index is 13.4. The lowest BCUT2D eigenvalue weighted by Gasteiger charge is -2.08. The molecule has 0 bridgehead atoms. The molecule has 3 N–H and O–H groups in total. The van der Waals surface area contributed by atoms with Crippen molar-refractivity contribution in [3.63, 3.8) is 0 Å². The molecule has 1 aromatic carbocycles. The van der Waals surface area contributed by atoms with Crippen molar-refractivity contribution in [2.75, 3.05) is 7.05 Å². The first-order valence-electron chi connectivity index (χ1n) is 4.73. The Kier molecular flexibility index (Phi) is 4.59. The molecule has 4 nitrogen and oxygen atoms in total. The molecule has 6 heteroatoms. The van der Waals surface area contributed by atoms with E-state index in [1.807, 2.05) is 0 Å². The Morgan fingerprint density at radius 2 is 2.06 bits per heavy atom. The second-order valence-electron chi connectivity index (χ2n) is 3.11. The van der Waals surface area contributed by atoms with Gasteiger partial charge in [-0.2, -0.15) is 0 Å². The van der Waals surface area contributed by atoms with Crippen molar-refractivity contribution in [3.8, 4) is 5.75 Å². The number of aliphatic hydroxyl groups excluding tert-OH is 1. The Hall–Kier alpha value is -1.95. The van der Waals surface area contributed by atoms with Gasteiger partial charge in [-0.3, -0.25) is 4.99 Å². The molecule has 0 atom stereocenters. The normalized spacial score (nSPS) is 12.1. The first kappa shape index (κ1) is 13.1. The Labute approximate surface area is 97.0 Å². The molecule has 0 amide bonds. The van der Waals surface area contributed by atoms with Crippen molar-refractivity contribution in [1.82, 2.24) is 0 Å². The van der Waals surface area contributed by atoms with E-state index in [4.69, 9.17) is 15.6 Å². The van der Waals surface area contributed by atoms with Crippen molar-refractivity contribution >= 4 is 6.21 Å². The molecule has 0 aliphatic carbocycles. The molecule has 1 rings (SSSR count). The predicted molar refractivity (Wildman–Crippen MR) is 59.6 cm³/mol. The Morgan fingerprint density at radius 1 is 1.47 bits per heavy atom. The maximum absolute atomic E-state index is 13.4. The average Bonchev–Trinajstić information content (AvgIpc) is 2.31. The lowest BCUT2D eigenvalue weighted by Crippen LogP contribution is -2.04. The maximum Gasteiger partial charge on any atom is 0.198 e. The highest BCUT2D eigenvalue weighted by atomic mass is 19.1. The van der Waals surface area contributed by atoms with Crippen LogP contribution in [0.3, 0.4) is 0 Å². The summed E-state index contributed by atoms with van der Waals surface area (Å²) in [5.41, 5.74) is 5.32. The van der Waals surface area contributed by atoms with E-state index >= 15 is 0 Å². The van der Waals surface area contributed by atoms with Crippen LogP contribution in [0.5, 0.6) is 5.75 Å². The number of rotatable bonds is 4. The topological polar surface area (TPSA) is 67.8 Å². The van der Waals surface area contributed by atoms with Crippen LogP contribution in [0.25, 0.3) is 0 Å². The van der Waals surface area contributed by atoms with Crippen molar-refractivity contribution in [3.05, 3.63) is 41.3 Å². The van der Waals surface area contributed by atoms with Crippen LogP contribution in [0.15, 0.2) is 29.1 Å². The Balaban J connectivity index is 3.07. The van der Waals surface area contributed by atoms with Crippen LogP contribution in [0.4, 0.5) is 8.78 Å².